The van der Waals surface area contributed by atoms with Crippen LogP contribution in [0.2, 0.25) is 0 Å². The number of ketones is 1. The lowest BCUT2D eigenvalue weighted by molar-refractivity contribution is -0.128. The Bertz CT molecular complexity index is 494. The predicted octanol–water partition coefficient (Wildman–Crippen LogP) is 2.81. The normalized spacial score (nSPS) is 17.2. The molecule has 1 aliphatic rings. The molecule has 0 heterocycles. The SMILES string of the molecule is CC(C)(C)OC(=O)NCC1(c2ccccc2)CC(=O)C1. The Kier molecular flexibility index (Phi) is 3.84. The molecular formula is C16H21NO3. The molecule has 1 aliphatic carbocycles. The van der Waals surface area contributed by atoms with Gasteiger partial charge in [0.25, 0.3) is 0 Å². The third kappa shape index (κ3) is 3.38. The molecule has 0 aliphatic heterocycles. The Morgan fingerprint density at radius 1 is 1.25 bits per heavy atom. The number of ether oxygens (including phenoxy) is 1. The first-order valence-electron chi connectivity index (χ1n) is 6.85. The van der Waals surface area contributed by atoms with Gasteiger partial charge in [0.05, 0.1) is 0 Å². The van der Waals surface area contributed by atoms with Gasteiger partial charge in [-0.1, -0.05) is 30.3 Å². The van der Waals surface area contributed by atoms with E-state index in [0.29, 0.717) is 19.4 Å². The average molecular weight is 275 g/mol. The summed E-state index contributed by atoms with van der Waals surface area (Å²) in [4.78, 5) is 23.2. The van der Waals surface area contributed by atoms with Crippen LogP contribution in [-0.4, -0.2) is 24.0 Å². The van der Waals surface area contributed by atoms with Gasteiger partial charge in [0.2, 0.25) is 0 Å². The summed E-state index contributed by atoms with van der Waals surface area (Å²) >= 11 is 0. The smallest absolute Gasteiger partial charge is 0.407 e. The van der Waals surface area contributed by atoms with Crippen LogP contribution in [0.15, 0.2) is 30.3 Å². The lowest BCUT2D eigenvalue weighted by Gasteiger charge is -2.41. The van der Waals surface area contributed by atoms with Crippen molar-refractivity contribution in [3.05, 3.63) is 35.9 Å². The van der Waals surface area contributed by atoms with Gasteiger partial charge in [-0.3, -0.25) is 4.79 Å². The van der Waals surface area contributed by atoms with Crippen molar-refractivity contribution in [2.45, 2.75) is 44.6 Å². The molecular weight excluding hydrogens is 254 g/mol. The van der Waals surface area contributed by atoms with Gasteiger partial charge < -0.3 is 10.1 Å². The zero-order valence-electron chi connectivity index (χ0n) is 12.2. The highest BCUT2D eigenvalue weighted by atomic mass is 16.6. The predicted molar refractivity (Wildman–Crippen MR) is 76.6 cm³/mol. The lowest BCUT2D eigenvalue weighted by atomic mass is 9.63. The molecule has 0 spiro atoms. The molecule has 1 fully saturated rings. The molecule has 0 bridgehead atoms. The lowest BCUT2D eigenvalue weighted by Crippen LogP contribution is -2.50. The second-order valence-electron chi connectivity index (χ2n) is 6.39. The van der Waals surface area contributed by atoms with Gasteiger partial charge in [-0.2, -0.15) is 0 Å². The van der Waals surface area contributed by atoms with E-state index in [1.54, 1.807) is 0 Å². The molecule has 0 atom stereocenters. The van der Waals surface area contributed by atoms with Crippen molar-refractivity contribution in [2.24, 2.45) is 0 Å². The Balaban J connectivity index is 2.01. The molecule has 0 unspecified atom stereocenters. The first-order chi connectivity index (χ1) is 9.31. The quantitative estimate of drug-likeness (QED) is 0.923. The van der Waals surface area contributed by atoms with Crippen molar-refractivity contribution >= 4 is 11.9 Å². The van der Waals surface area contributed by atoms with Gasteiger partial charge in [-0.25, -0.2) is 4.79 Å². The molecule has 4 heteroatoms. The maximum absolute atomic E-state index is 11.7. The van der Waals surface area contributed by atoms with Crippen molar-refractivity contribution in [1.29, 1.82) is 0 Å². The van der Waals surface area contributed by atoms with Crippen LogP contribution in [0, 0.1) is 0 Å². The van der Waals surface area contributed by atoms with Crippen LogP contribution in [0.4, 0.5) is 4.79 Å². The van der Waals surface area contributed by atoms with E-state index in [2.05, 4.69) is 5.32 Å². The highest BCUT2D eigenvalue weighted by Gasteiger charge is 2.45. The van der Waals surface area contributed by atoms with E-state index in [4.69, 9.17) is 4.74 Å². The van der Waals surface area contributed by atoms with Crippen molar-refractivity contribution in [1.82, 2.24) is 5.32 Å². The van der Waals surface area contributed by atoms with Gasteiger partial charge in [-0.15, -0.1) is 0 Å². The number of amides is 1. The standard InChI is InChI=1S/C16H21NO3/c1-15(2,3)20-14(19)17-11-16(9-13(18)10-16)12-7-5-4-6-8-12/h4-8H,9-11H2,1-3H3,(H,17,19). The molecule has 2 rings (SSSR count). The van der Waals surface area contributed by atoms with E-state index in [9.17, 15) is 9.59 Å². The molecule has 0 aromatic heterocycles. The molecule has 1 N–H and O–H groups in total. The zero-order chi connectivity index (χ0) is 14.8. The van der Waals surface area contributed by atoms with E-state index in [0.717, 1.165) is 5.56 Å². The van der Waals surface area contributed by atoms with Gasteiger partial charge >= 0.3 is 6.09 Å². The summed E-state index contributed by atoms with van der Waals surface area (Å²) in [5.41, 5.74) is 0.310. The second kappa shape index (κ2) is 5.27. The first kappa shape index (κ1) is 14.6. The van der Waals surface area contributed by atoms with Crippen molar-refractivity contribution in [3.8, 4) is 0 Å². The van der Waals surface area contributed by atoms with E-state index in [1.165, 1.54) is 0 Å². The van der Waals surface area contributed by atoms with E-state index in [1.807, 2.05) is 51.1 Å². The number of rotatable bonds is 3. The van der Waals surface area contributed by atoms with Crippen LogP contribution in [0.25, 0.3) is 0 Å². The third-order valence-electron chi connectivity index (χ3n) is 3.43. The average Bonchev–Trinajstić information content (AvgIpc) is 2.32. The van der Waals surface area contributed by atoms with Crippen molar-refractivity contribution < 1.29 is 14.3 Å². The summed E-state index contributed by atoms with van der Waals surface area (Å²) in [6.07, 6.45) is 0.520. The van der Waals surface area contributed by atoms with Crippen LogP contribution in [0.1, 0.15) is 39.2 Å². The fraction of sp³-hybridized carbons (Fsp3) is 0.500. The van der Waals surface area contributed by atoms with Gasteiger partial charge in [0.1, 0.15) is 11.4 Å². The summed E-state index contributed by atoms with van der Waals surface area (Å²) in [7, 11) is 0. The summed E-state index contributed by atoms with van der Waals surface area (Å²) in [6, 6.07) is 9.85. The molecule has 108 valence electrons. The number of carbonyl (C=O) groups excluding carboxylic acids is 2. The largest absolute Gasteiger partial charge is 0.444 e. The molecule has 1 aromatic carbocycles. The van der Waals surface area contributed by atoms with E-state index >= 15 is 0 Å². The third-order valence-corrected chi connectivity index (χ3v) is 3.43. The minimum Gasteiger partial charge on any atom is -0.444 e. The number of nitrogens with one attached hydrogen (secondary N) is 1. The maximum Gasteiger partial charge on any atom is 0.407 e. The van der Waals surface area contributed by atoms with Crippen molar-refractivity contribution in [2.75, 3.05) is 6.54 Å². The maximum atomic E-state index is 11.7. The van der Waals surface area contributed by atoms with Gasteiger partial charge in [0.15, 0.2) is 0 Å². The molecule has 1 amide bonds. The molecule has 1 saturated carbocycles. The highest BCUT2D eigenvalue weighted by Crippen LogP contribution is 2.40. The fourth-order valence-corrected chi connectivity index (χ4v) is 2.48. The Morgan fingerprint density at radius 2 is 1.85 bits per heavy atom. The molecule has 20 heavy (non-hydrogen) atoms. The topological polar surface area (TPSA) is 55.4 Å². The van der Waals surface area contributed by atoms with Gasteiger partial charge in [0, 0.05) is 24.8 Å². The molecule has 0 radical (unpaired) electrons. The number of carbonyl (C=O) groups is 2. The van der Waals surface area contributed by atoms with Crippen LogP contribution >= 0.6 is 0 Å². The number of alkyl carbamates (subject to hydrolysis) is 1. The number of Topliss-reactive ketones (excluding diaryl/α,β-unsaturated/α-hetero) is 1. The first-order valence-corrected chi connectivity index (χ1v) is 6.85. The molecule has 0 saturated heterocycles. The monoisotopic (exact) mass is 275 g/mol. The summed E-state index contributed by atoms with van der Waals surface area (Å²) in [5, 5.41) is 2.79. The highest BCUT2D eigenvalue weighted by molar-refractivity contribution is 5.89. The number of hydrogen-bond acceptors (Lipinski definition) is 3. The van der Waals surface area contributed by atoms with Crippen molar-refractivity contribution in [3.63, 3.8) is 0 Å². The van der Waals surface area contributed by atoms with Crippen LogP contribution in [0.5, 0.6) is 0 Å². The fourth-order valence-electron chi connectivity index (χ4n) is 2.48. The molecule has 1 aromatic rings. The van der Waals surface area contributed by atoms with E-state index in [-0.39, 0.29) is 11.2 Å². The Hall–Kier alpha value is -1.84. The number of benzene rings is 1. The van der Waals surface area contributed by atoms with Crippen LogP contribution < -0.4 is 5.32 Å². The minimum absolute atomic E-state index is 0.236. The second-order valence-corrected chi connectivity index (χ2v) is 6.39. The van der Waals surface area contributed by atoms with Crippen LogP contribution in [0.3, 0.4) is 0 Å². The summed E-state index contributed by atoms with van der Waals surface area (Å²) in [5.74, 6) is 0.236. The Labute approximate surface area is 119 Å². The Morgan fingerprint density at radius 3 is 2.35 bits per heavy atom. The number of hydrogen-bond donors (Lipinski definition) is 1. The molecule has 4 nitrogen and oxygen atoms in total. The summed E-state index contributed by atoms with van der Waals surface area (Å²) < 4.78 is 5.23. The van der Waals surface area contributed by atoms with E-state index < -0.39 is 11.7 Å². The van der Waals surface area contributed by atoms with Crippen LogP contribution in [-0.2, 0) is 14.9 Å². The van der Waals surface area contributed by atoms with Gasteiger partial charge in [-0.05, 0) is 26.3 Å². The summed E-state index contributed by atoms with van der Waals surface area (Å²) in [6.45, 7) is 5.91. The minimum atomic E-state index is -0.514. The zero-order valence-corrected chi connectivity index (χ0v) is 12.2.